The van der Waals surface area contributed by atoms with E-state index in [1.54, 1.807) is 0 Å². The van der Waals surface area contributed by atoms with Gasteiger partial charge in [0.05, 0.1) is 13.2 Å². The number of phosphoric acid groups is 1. The van der Waals surface area contributed by atoms with E-state index in [4.69, 9.17) is 24.3 Å². The lowest BCUT2D eigenvalue weighted by atomic mass is 10.0. The first-order chi connectivity index (χ1) is 44.8. The first-order valence-electron chi connectivity index (χ1n) is 38.4. The minimum absolute atomic E-state index is 0.0494. The van der Waals surface area contributed by atoms with E-state index in [1.165, 1.54) is 225 Å². The molecule has 0 saturated heterocycles. The third kappa shape index (κ3) is 75.6. The third-order valence-corrected chi connectivity index (χ3v) is 17.7. The van der Waals surface area contributed by atoms with Crippen molar-refractivity contribution in [3.05, 3.63) is 109 Å². The summed E-state index contributed by atoms with van der Waals surface area (Å²) in [7, 11) is -4.40. The number of esters is 2. The molecule has 0 aromatic heterocycles. The maximum absolute atomic E-state index is 12.8. The van der Waals surface area contributed by atoms with Crippen LogP contribution in [0.5, 0.6) is 0 Å². The monoisotopic (exact) mass is 1290 g/mol. The van der Waals surface area contributed by atoms with Crippen molar-refractivity contribution in [2.75, 3.05) is 26.4 Å². The summed E-state index contributed by atoms with van der Waals surface area (Å²) >= 11 is 0. The Morgan fingerprint density at radius 3 is 0.901 bits per heavy atom. The van der Waals surface area contributed by atoms with Gasteiger partial charge < -0.3 is 20.1 Å². The van der Waals surface area contributed by atoms with E-state index in [0.717, 1.165) is 103 Å². The van der Waals surface area contributed by atoms with E-state index in [9.17, 15) is 19.0 Å². The van der Waals surface area contributed by atoms with E-state index in [1.807, 2.05) is 0 Å². The molecular weight excluding hydrogens is 1150 g/mol. The third-order valence-electron chi connectivity index (χ3n) is 16.7. The highest BCUT2D eigenvalue weighted by Crippen LogP contribution is 2.43. The lowest BCUT2D eigenvalue weighted by molar-refractivity contribution is -0.161. The Balaban J connectivity index is 3.87. The Hall–Kier alpha value is -3.33. The van der Waals surface area contributed by atoms with Crippen molar-refractivity contribution in [2.45, 2.75) is 367 Å². The number of rotatable bonds is 72. The molecule has 0 amide bonds. The number of nitrogens with two attached hydrogens (primary N) is 1. The molecule has 0 rings (SSSR count). The summed E-state index contributed by atoms with van der Waals surface area (Å²) in [5.74, 6) is -0.824. The Morgan fingerprint density at radius 1 is 0.341 bits per heavy atom. The normalized spacial score (nSPS) is 13.5. The van der Waals surface area contributed by atoms with E-state index < -0.39 is 26.5 Å². The van der Waals surface area contributed by atoms with Gasteiger partial charge in [-0.05, 0) is 83.5 Å². The van der Waals surface area contributed by atoms with Crippen molar-refractivity contribution >= 4 is 19.8 Å². The summed E-state index contributed by atoms with van der Waals surface area (Å²) < 4.78 is 33.2. The highest BCUT2D eigenvalue weighted by molar-refractivity contribution is 7.47. The van der Waals surface area contributed by atoms with Crippen LogP contribution in [0.1, 0.15) is 361 Å². The number of hydrogen-bond donors (Lipinski definition) is 2. The van der Waals surface area contributed by atoms with E-state index in [-0.39, 0.29) is 38.6 Å². The maximum Gasteiger partial charge on any atom is 0.472 e. The predicted octanol–water partition coefficient (Wildman–Crippen LogP) is 25.6. The lowest BCUT2D eigenvalue weighted by Crippen LogP contribution is -2.29. The molecule has 0 bridgehead atoms. The average Bonchev–Trinajstić information content (AvgIpc) is 3.74. The largest absolute Gasteiger partial charge is 0.472 e. The summed E-state index contributed by atoms with van der Waals surface area (Å²) in [5, 5.41) is 0. The van der Waals surface area contributed by atoms with Gasteiger partial charge in [0, 0.05) is 19.4 Å². The molecule has 2 unspecified atom stereocenters. The fourth-order valence-corrected chi connectivity index (χ4v) is 11.8. The summed E-state index contributed by atoms with van der Waals surface area (Å²) in [4.78, 5) is 35.4. The van der Waals surface area contributed by atoms with Crippen LogP contribution in [0, 0.1) is 0 Å². The first kappa shape index (κ1) is 87.7. The molecule has 10 heteroatoms. The van der Waals surface area contributed by atoms with Crippen LogP contribution in [0.25, 0.3) is 0 Å². The van der Waals surface area contributed by atoms with Crippen molar-refractivity contribution in [3.8, 4) is 0 Å². The molecule has 0 spiro atoms. The Labute approximate surface area is 562 Å². The van der Waals surface area contributed by atoms with E-state index in [2.05, 4.69) is 123 Å². The van der Waals surface area contributed by atoms with Gasteiger partial charge in [-0.1, -0.05) is 374 Å². The quantitative estimate of drug-likeness (QED) is 0.0264. The minimum Gasteiger partial charge on any atom is -0.462 e. The minimum atomic E-state index is -4.40. The van der Waals surface area contributed by atoms with Crippen molar-refractivity contribution in [3.63, 3.8) is 0 Å². The molecule has 0 aromatic rings. The van der Waals surface area contributed by atoms with Gasteiger partial charge in [-0.15, -0.1) is 0 Å². The predicted molar refractivity (Wildman–Crippen MR) is 395 cm³/mol. The number of unbranched alkanes of at least 4 members (excludes halogenated alkanes) is 41. The number of allylic oxidation sites excluding steroid dienone is 18. The molecule has 0 aliphatic carbocycles. The molecule has 0 saturated carbocycles. The van der Waals surface area contributed by atoms with Gasteiger partial charge in [0.2, 0.25) is 0 Å². The Morgan fingerprint density at radius 2 is 0.604 bits per heavy atom. The van der Waals surface area contributed by atoms with Gasteiger partial charge in [0.25, 0.3) is 0 Å². The second-order valence-corrected chi connectivity index (χ2v) is 27.0. The highest BCUT2D eigenvalue weighted by atomic mass is 31.2. The van der Waals surface area contributed by atoms with Gasteiger partial charge >= 0.3 is 19.8 Å². The fourth-order valence-electron chi connectivity index (χ4n) is 11.0. The van der Waals surface area contributed by atoms with Crippen molar-refractivity contribution < 1.29 is 37.6 Å². The molecule has 0 radical (unpaired) electrons. The summed E-state index contributed by atoms with van der Waals surface area (Å²) in [5.41, 5.74) is 5.41. The second-order valence-electron chi connectivity index (χ2n) is 25.5. The van der Waals surface area contributed by atoms with Crippen molar-refractivity contribution in [2.24, 2.45) is 5.73 Å². The smallest absolute Gasteiger partial charge is 0.462 e. The molecule has 3 N–H and O–H groups in total. The maximum atomic E-state index is 12.8. The SMILES string of the molecule is CC/C=C\C/C=C\C/C=C\C/C=C\C/C=C\C/C=C\C/C=C\C/C=C\C/C=C\CCCCCCCCCCCC(=O)OC(COC(=O)CCCCCCCCCCCCCCCCCCCCCCCCCCCCCCCCCCC)COP(=O)(O)OCCN. The van der Waals surface area contributed by atoms with E-state index >= 15 is 0 Å². The van der Waals surface area contributed by atoms with Crippen LogP contribution in [-0.2, 0) is 32.7 Å². The summed E-state index contributed by atoms with van der Waals surface area (Å²) in [6.45, 7) is 3.67. The zero-order chi connectivity index (χ0) is 65.8. The molecule has 0 heterocycles. The van der Waals surface area contributed by atoms with Gasteiger partial charge in [0.1, 0.15) is 6.61 Å². The zero-order valence-electron chi connectivity index (χ0n) is 59.3. The number of phosphoric ester groups is 1. The number of hydrogen-bond acceptors (Lipinski definition) is 8. The molecule has 0 aliphatic rings. The number of ether oxygens (including phenoxy) is 2. The zero-order valence-corrected chi connectivity index (χ0v) is 60.2. The van der Waals surface area contributed by atoms with Gasteiger partial charge in [0.15, 0.2) is 6.10 Å². The second kappa shape index (κ2) is 75.7. The topological polar surface area (TPSA) is 134 Å². The summed E-state index contributed by atoms with van der Waals surface area (Å²) in [6, 6.07) is 0. The van der Waals surface area contributed by atoms with Crippen LogP contribution < -0.4 is 5.73 Å². The van der Waals surface area contributed by atoms with Crippen LogP contribution in [0.2, 0.25) is 0 Å². The molecule has 0 aromatic carbocycles. The Kier molecular flexibility index (Phi) is 72.9. The number of carbonyl (C=O) groups is 2. The van der Waals surface area contributed by atoms with Gasteiger partial charge in [-0.25, -0.2) is 4.57 Å². The number of carbonyl (C=O) groups excluding carboxylic acids is 2. The molecular formula is C81H144NO8P. The van der Waals surface area contributed by atoms with Crippen LogP contribution in [0.15, 0.2) is 109 Å². The molecule has 9 nitrogen and oxygen atoms in total. The van der Waals surface area contributed by atoms with Crippen molar-refractivity contribution in [1.82, 2.24) is 0 Å². The van der Waals surface area contributed by atoms with Crippen LogP contribution in [0.3, 0.4) is 0 Å². The molecule has 526 valence electrons. The lowest BCUT2D eigenvalue weighted by Gasteiger charge is -2.19. The molecule has 0 fully saturated rings. The van der Waals surface area contributed by atoms with E-state index in [0.29, 0.717) is 6.42 Å². The Bertz CT molecular complexity index is 1860. The van der Waals surface area contributed by atoms with Gasteiger partial charge in [-0.2, -0.15) is 0 Å². The molecule has 91 heavy (non-hydrogen) atoms. The molecule has 2 atom stereocenters. The van der Waals surface area contributed by atoms with Crippen LogP contribution in [0.4, 0.5) is 0 Å². The standard InChI is InChI=1S/C81H144NO8P/c1-3-5-7-9-11-13-15-17-19-21-23-25-27-29-31-33-35-37-38-39-40-42-44-46-48-50-52-54-56-58-60-62-64-66-68-70-72-74-81(84)90-79(78-89-91(85,86)88-76-75-82)77-87-80(83)73-71-69-67-65-63-61-59-57-55-53-51-49-47-45-43-41-36-34-32-30-28-26-24-22-20-18-16-14-12-10-8-6-4-2/h5,7,11,13,17,19,23,25,29,31,35,37,39-40,44,46,50,52,79H,3-4,6,8-10,12,14-16,18,20-22,24,26-28,30,32-34,36,38,41-43,45,47-49,51,53-78,82H2,1-2H3,(H,85,86)/b7-5-,13-11-,19-17-,25-23-,31-29-,37-35-,40-39-,46-44-,52-50-. The summed E-state index contributed by atoms with van der Waals surface area (Å²) in [6.07, 6.45) is 105. The highest BCUT2D eigenvalue weighted by Gasteiger charge is 2.26. The average molecular weight is 1290 g/mol. The van der Waals surface area contributed by atoms with Gasteiger partial charge in [-0.3, -0.25) is 18.6 Å². The van der Waals surface area contributed by atoms with Crippen molar-refractivity contribution in [1.29, 1.82) is 0 Å². The fraction of sp³-hybridized carbons (Fsp3) is 0.753. The first-order valence-corrected chi connectivity index (χ1v) is 39.9. The van der Waals surface area contributed by atoms with Crippen LogP contribution in [-0.4, -0.2) is 49.3 Å². The molecule has 0 aliphatic heterocycles. The van der Waals surface area contributed by atoms with Crippen LogP contribution >= 0.6 is 7.82 Å².